The van der Waals surface area contributed by atoms with Gasteiger partial charge in [-0.15, -0.1) is 0 Å². The lowest BCUT2D eigenvalue weighted by atomic mass is 10.5. The standard InChI is InChI=1S/C8H12N4O2/c1-9-6(13)5-11-7-8(14)12(2)4-3-10-7/h3-4H,5H2,1-2H3,(H,9,13)(H,10,11). The lowest BCUT2D eigenvalue weighted by Crippen LogP contribution is -2.30. The van der Waals surface area contributed by atoms with E-state index < -0.39 is 0 Å². The molecule has 2 N–H and O–H groups in total. The average Bonchev–Trinajstić information content (AvgIpc) is 2.20. The molecule has 1 heterocycles. The molecule has 1 aromatic heterocycles. The molecule has 76 valence electrons. The number of hydrogen-bond donors (Lipinski definition) is 2. The second-order valence-electron chi connectivity index (χ2n) is 2.72. The van der Waals surface area contributed by atoms with Gasteiger partial charge >= 0.3 is 0 Å². The minimum atomic E-state index is -0.253. The van der Waals surface area contributed by atoms with E-state index in [9.17, 15) is 9.59 Å². The SMILES string of the molecule is CNC(=O)CNc1nccn(C)c1=O. The summed E-state index contributed by atoms with van der Waals surface area (Å²) in [5, 5.41) is 5.08. The molecule has 0 aliphatic carbocycles. The molecule has 0 saturated carbocycles. The van der Waals surface area contributed by atoms with Gasteiger partial charge in [-0.25, -0.2) is 4.98 Å². The van der Waals surface area contributed by atoms with Crippen molar-refractivity contribution in [3.8, 4) is 0 Å². The molecule has 0 radical (unpaired) electrons. The summed E-state index contributed by atoms with van der Waals surface area (Å²) in [6.45, 7) is 0.0444. The first-order chi connectivity index (χ1) is 6.65. The predicted octanol–water partition coefficient (Wildman–Crippen LogP) is -1.06. The summed E-state index contributed by atoms with van der Waals surface area (Å²) in [7, 11) is 3.15. The van der Waals surface area contributed by atoms with Crippen LogP contribution in [0.4, 0.5) is 5.82 Å². The Labute approximate surface area is 81.0 Å². The minimum Gasteiger partial charge on any atom is -0.358 e. The van der Waals surface area contributed by atoms with Crippen LogP contribution in [0.3, 0.4) is 0 Å². The summed E-state index contributed by atoms with van der Waals surface area (Å²) in [6.07, 6.45) is 3.04. The van der Waals surface area contributed by atoms with Crippen LogP contribution in [0.1, 0.15) is 0 Å². The second-order valence-corrected chi connectivity index (χ2v) is 2.72. The smallest absolute Gasteiger partial charge is 0.293 e. The summed E-state index contributed by atoms with van der Waals surface area (Å²) >= 11 is 0. The molecule has 0 aliphatic rings. The van der Waals surface area contributed by atoms with Gasteiger partial charge in [0.2, 0.25) is 5.91 Å². The number of aryl methyl sites for hydroxylation is 1. The summed E-state index contributed by atoms with van der Waals surface area (Å²) < 4.78 is 1.39. The number of nitrogens with zero attached hydrogens (tertiary/aromatic N) is 2. The van der Waals surface area contributed by atoms with Crippen molar-refractivity contribution in [1.29, 1.82) is 0 Å². The van der Waals surface area contributed by atoms with Crippen molar-refractivity contribution >= 4 is 11.7 Å². The fourth-order valence-electron chi connectivity index (χ4n) is 0.871. The fourth-order valence-corrected chi connectivity index (χ4v) is 0.871. The highest BCUT2D eigenvalue weighted by Gasteiger charge is 2.03. The number of hydrogen-bond acceptors (Lipinski definition) is 4. The van der Waals surface area contributed by atoms with Crippen LogP contribution in [-0.4, -0.2) is 29.1 Å². The number of carbonyl (C=O) groups excluding carboxylic acids is 1. The van der Waals surface area contributed by atoms with Crippen molar-refractivity contribution in [1.82, 2.24) is 14.9 Å². The normalized spacial score (nSPS) is 9.57. The first-order valence-electron chi connectivity index (χ1n) is 4.11. The first-order valence-corrected chi connectivity index (χ1v) is 4.11. The third kappa shape index (κ3) is 2.32. The van der Waals surface area contributed by atoms with Gasteiger partial charge in [-0.3, -0.25) is 9.59 Å². The lowest BCUT2D eigenvalue weighted by Gasteiger charge is -2.04. The molecule has 0 unspecified atom stereocenters. The molecule has 1 rings (SSSR count). The molecular weight excluding hydrogens is 184 g/mol. The van der Waals surface area contributed by atoms with E-state index in [0.717, 1.165) is 0 Å². The maximum Gasteiger partial charge on any atom is 0.293 e. The number of anilines is 1. The Morgan fingerprint density at radius 3 is 3.00 bits per heavy atom. The average molecular weight is 196 g/mol. The maximum absolute atomic E-state index is 11.4. The highest BCUT2D eigenvalue weighted by molar-refractivity contribution is 5.79. The lowest BCUT2D eigenvalue weighted by molar-refractivity contribution is -0.118. The van der Waals surface area contributed by atoms with Crippen LogP contribution < -0.4 is 16.2 Å². The van der Waals surface area contributed by atoms with Crippen LogP contribution in [0.25, 0.3) is 0 Å². The summed E-state index contributed by atoms with van der Waals surface area (Å²) in [4.78, 5) is 26.1. The number of carbonyl (C=O) groups is 1. The molecular formula is C8H12N4O2. The van der Waals surface area contributed by atoms with E-state index in [0.29, 0.717) is 0 Å². The highest BCUT2D eigenvalue weighted by Crippen LogP contribution is 1.89. The molecule has 1 aromatic rings. The maximum atomic E-state index is 11.4. The van der Waals surface area contributed by atoms with Crippen molar-refractivity contribution in [2.24, 2.45) is 7.05 Å². The first kappa shape index (κ1) is 10.2. The van der Waals surface area contributed by atoms with Crippen molar-refractivity contribution in [3.63, 3.8) is 0 Å². The van der Waals surface area contributed by atoms with E-state index >= 15 is 0 Å². The van der Waals surface area contributed by atoms with Crippen LogP contribution in [0.15, 0.2) is 17.2 Å². The highest BCUT2D eigenvalue weighted by atomic mass is 16.2. The predicted molar refractivity (Wildman–Crippen MR) is 52.0 cm³/mol. The molecule has 0 saturated heterocycles. The van der Waals surface area contributed by atoms with Gasteiger partial charge in [-0.2, -0.15) is 0 Å². The molecule has 0 fully saturated rings. The Morgan fingerprint density at radius 2 is 2.36 bits per heavy atom. The second kappa shape index (κ2) is 4.40. The van der Waals surface area contributed by atoms with Gasteiger partial charge in [0, 0.05) is 26.5 Å². The molecule has 6 nitrogen and oxygen atoms in total. The zero-order valence-electron chi connectivity index (χ0n) is 8.07. The number of amides is 1. The Bertz CT molecular complexity index is 385. The van der Waals surface area contributed by atoms with Gasteiger partial charge in [-0.05, 0) is 0 Å². The van der Waals surface area contributed by atoms with Gasteiger partial charge < -0.3 is 15.2 Å². The molecule has 0 aliphatic heterocycles. The molecule has 0 atom stereocenters. The van der Waals surface area contributed by atoms with Crippen molar-refractivity contribution in [3.05, 3.63) is 22.7 Å². The van der Waals surface area contributed by atoms with Crippen LogP contribution in [0, 0.1) is 0 Å². The van der Waals surface area contributed by atoms with E-state index in [4.69, 9.17) is 0 Å². The summed E-state index contributed by atoms with van der Waals surface area (Å²) in [6, 6.07) is 0. The van der Waals surface area contributed by atoms with E-state index in [1.807, 2.05) is 0 Å². The van der Waals surface area contributed by atoms with Crippen molar-refractivity contribution in [2.75, 3.05) is 18.9 Å². The van der Waals surface area contributed by atoms with Crippen molar-refractivity contribution in [2.45, 2.75) is 0 Å². The Balaban J connectivity index is 2.73. The zero-order valence-corrected chi connectivity index (χ0v) is 8.07. The molecule has 0 bridgehead atoms. The van der Waals surface area contributed by atoms with Gasteiger partial charge in [0.1, 0.15) is 0 Å². The van der Waals surface area contributed by atoms with E-state index in [1.165, 1.54) is 17.8 Å². The number of aromatic nitrogens is 2. The molecule has 6 heteroatoms. The van der Waals surface area contributed by atoms with Crippen LogP contribution >= 0.6 is 0 Å². The number of rotatable bonds is 3. The fraction of sp³-hybridized carbons (Fsp3) is 0.375. The van der Waals surface area contributed by atoms with Crippen LogP contribution in [0.2, 0.25) is 0 Å². The van der Waals surface area contributed by atoms with Gasteiger partial charge in [0.15, 0.2) is 5.82 Å². The van der Waals surface area contributed by atoms with E-state index in [1.54, 1.807) is 13.2 Å². The van der Waals surface area contributed by atoms with Gasteiger partial charge in [-0.1, -0.05) is 0 Å². The summed E-state index contributed by atoms with van der Waals surface area (Å²) in [5.74, 6) is -0.0173. The van der Waals surface area contributed by atoms with Crippen molar-refractivity contribution < 1.29 is 4.79 Å². The molecule has 0 spiro atoms. The topological polar surface area (TPSA) is 76.0 Å². The monoisotopic (exact) mass is 196 g/mol. The molecule has 14 heavy (non-hydrogen) atoms. The third-order valence-electron chi connectivity index (χ3n) is 1.71. The van der Waals surface area contributed by atoms with Gasteiger partial charge in [0.05, 0.1) is 6.54 Å². The van der Waals surface area contributed by atoms with Crippen LogP contribution in [0.5, 0.6) is 0 Å². The van der Waals surface area contributed by atoms with E-state index in [2.05, 4.69) is 15.6 Å². The molecule has 1 amide bonds. The van der Waals surface area contributed by atoms with Crippen LogP contribution in [-0.2, 0) is 11.8 Å². The molecule has 0 aromatic carbocycles. The summed E-state index contributed by atoms with van der Waals surface area (Å²) in [5.41, 5.74) is -0.253. The minimum absolute atomic E-state index is 0.0444. The quantitative estimate of drug-likeness (QED) is 0.646. The zero-order chi connectivity index (χ0) is 10.6. The Kier molecular flexibility index (Phi) is 3.22. The Hall–Kier alpha value is -1.85. The third-order valence-corrected chi connectivity index (χ3v) is 1.71. The van der Waals surface area contributed by atoms with Gasteiger partial charge in [0.25, 0.3) is 5.56 Å². The van der Waals surface area contributed by atoms with E-state index in [-0.39, 0.29) is 23.8 Å². The largest absolute Gasteiger partial charge is 0.358 e. The number of nitrogens with one attached hydrogen (secondary N) is 2. The Morgan fingerprint density at radius 1 is 1.64 bits per heavy atom. The number of likely N-dealkylation sites (N-methyl/N-ethyl adjacent to an activating group) is 1.